The van der Waals surface area contributed by atoms with Crippen molar-refractivity contribution in [1.82, 2.24) is 9.88 Å². The normalized spacial score (nSPS) is 13.5. The molecular weight excluding hydrogens is 406 g/mol. The number of benzene rings is 1. The van der Waals surface area contributed by atoms with Gasteiger partial charge in [-0.3, -0.25) is 14.1 Å². The Morgan fingerprint density at radius 2 is 1.93 bits per heavy atom. The number of hydrogen-bond acceptors (Lipinski definition) is 7. The molecule has 0 saturated carbocycles. The van der Waals surface area contributed by atoms with Crippen LogP contribution in [0.3, 0.4) is 0 Å². The van der Waals surface area contributed by atoms with Gasteiger partial charge in [0.25, 0.3) is 0 Å². The van der Waals surface area contributed by atoms with Gasteiger partial charge in [-0.2, -0.15) is 8.42 Å². The molecule has 1 aromatic heterocycles. The van der Waals surface area contributed by atoms with E-state index in [0.29, 0.717) is 17.0 Å². The number of rotatable bonds is 6. The van der Waals surface area contributed by atoms with E-state index in [1.54, 1.807) is 19.1 Å². The van der Waals surface area contributed by atoms with E-state index in [1.807, 2.05) is 17.0 Å². The van der Waals surface area contributed by atoms with E-state index in [9.17, 15) is 18.0 Å². The lowest BCUT2D eigenvalue weighted by Gasteiger charge is -2.37. The Balaban J connectivity index is 2.64. The van der Waals surface area contributed by atoms with Gasteiger partial charge >= 0.3 is 16.4 Å². The van der Waals surface area contributed by atoms with Crippen molar-refractivity contribution in [2.75, 3.05) is 11.8 Å². The third-order valence-electron chi connectivity index (χ3n) is 4.14. The fourth-order valence-electron chi connectivity index (χ4n) is 2.77. The zero-order valence-corrected chi connectivity index (χ0v) is 17.4. The summed E-state index contributed by atoms with van der Waals surface area (Å²) in [4.78, 5) is 30.3. The molecule has 28 heavy (non-hydrogen) atoms. The molecule has 0 aliphatic rings. The van der Waals surface area contributed by atoms with Crippen molar-refractivity contribution in [3.05, 3.63) is 45.9 Å². The summed E-state index contributed by atoms with van der Waals surface area (Å²) in [6.07, 6.45) is -0.161. The van der Waals surface area contributed by atoms with Crippen LogP contribution in [-0.2, 0) is 31.8 Å². The first-order valence-corrected chi connectivity index (χ1v) is 10.5. The Bertz CT molecular complexity index is 971. The Kier molecular flexibility index (Phi) is 6.42. The van der Waals surface area contributed by atoms with E-state index in [2.05, 4.69) is 4.98 Å². The Hall–Kier alpha value is -2.50. The topological polar surface area (TPSA) is 126 Å². The highest BCUT2D eigenvalue weighted by Gasteiger charge is 2.44. The van der Waals surface area contributed by atoms with Gasteiger partial charge in [-0.05, 0) is 31.0 Å². The monoisotopic (exact) mass is 427 g/mol. The molecule has 9 nitrogen and oxygen atoms in total. The summed E-state index contributed by atoms with van der Waals surface area (Å²) < 4.78 is 37.6. The predicted octanol–water partition coefficient (Wildman–Crippen LogP) is 2.80. The van der Waals surface area contributed by atoms with Crippen molar-refractivity contribution in [1.29, 1.82) is 0 Å². The first-order valence-electron chi connectivity index (χ1n) is 8.22. The molecule has 0 saturated heterocycles. The molecule has 1 aromatic carbocycles. The van der Waals surface area contributed by atoms with Gasteiger partial charge in [0.05, 0.1) is 18.5 Å². The van der Waals surface area contributed by atoms with Crippen LogP contribution in [0.1, 0.15) is 37.0 Å². The van der Waals surface area contributed by atoms with E-state index in [4.69, 9.17) is 9.29 Å². The minimum Gasteiger partial charge on any atom is -0.452 e. The Morgan fingerprint density at radius 3 is 2.36 bits per heavy atom. The highest BCUT2D eigenvalue weighted by atomic mass is 32.2. The number of aromatic nitrogens is 1. The van der Waals surface area contributed by atoms with Crippen LogP contribution in [0.25, 0.3) is 0 Å². The summed E-state index contributed by atoms with van der Waals surface area (Å²) >= 11 is 1.30. The molecule has 0 radical (unpaired) electrons. The average molecular weight is 428 g/mol. The maximum absolute atomic E-state index is 12.4. The Morgan fingerprint density at radius 1 is 1.32 bits per heavy atom. The number of nitrogens with one attached hydrogen (secondary N) is 1. The van der Waals surface area contributed by atoms with Gasteiger partial charge in [-0.25, -0.2) is 14.7 Å². The molecule has 2 aromatic rings. The molecule has 2 N–H and O–H groups in total. The summed E-state index contributed by atoms with van der Waals surface area (Å²) in [6, 6.07) is 5.90. The lowest BCUT2D eigenvalue weighted by molar-refractivity contribution is -0.131. The van der Waals surface area contributed by atoms with E-state index < -0.39 is 27.8 Å². The molecule has 0 bridgehead atoms. The van der Waals surface area contributed by atoms with E-state index in [0.717, 1.165) is 10.6 Å². The van der Waals surface area contributed by atoms with Crippen molar-refractivity contribution >= 4 is 39.3 Å². The number of imide groups is 1. The van der Waals surface area contributed by atoms with Crippen LogP contribution in [0.15, 0.2) is 29.6 Å². The largest absolute Gasteiger partial charge is 0.452 e. The van der Waals surface area contributed by atoms with E-state index in [1.165, 1.54) is 37.5 Å². The highest BCUT2D eigenvalue weighted by molar-refractivity contribution is 7.87. The van der Waals surface area contributed by atoms with E-state index in [-0.39, 0.29) is 5.69 Å². The number of amides is 2. The number of aryl methyl sites for hydroxylation is 1. The quantitative estimate of drug-likeness (QED) is 0.679. The van der Waals surface area contributed by atoms with Crippen molar-refractivity contribution in [3.8, 4) is 0 Å². The predicted molar refractivity (Wildman–Crippen MR) is 104 cm³/mol. The lowest BCUT2D eigenvalue weighted by Crippen LogP contribution is -2.50. The Labute approximate surface area is 167 Å². The minimum absolute atomic E-state index is 0.120. The average Bonchev–Trinajstić information content (AvgIpc) is 3.10. The number of hydrogen-bond donors (Lipinski definition) is 2. The number of anilines is 1. The van der Waals surface area contributed by atoms with Crippen LogP contribution in [0.2, 0.25) is 0 Å². The van der Waals surface area contributed by atoms with Crippen molar-refractivity contribution in [3.63, 3.8) is 0 Å². The van der Waals surface area contributed by atoms with Crippen LogP contribution in [0, 0.1) is 0 Å². The fraction of sp³-hybridized carbons (Fsp3) is 0.353. The molecule has 2 amide bonds. The second-order valence-corrected chi connectivity index (χ2v) is 8.06. The molecule has 152 valence electrons. The molecule has 1 heterocycles. The van der Waals surface area contributed by atoms with Gasteiger partial charge in [0.1, 0.15) is 10.5 Å². The third-order valence-corrected chi connectivity index (χ3v) is 5.74. The SMILES string of the molecule is CCc1csc([C@](C)(c2ccc(NS(=O)(=O)O)cc2)N(C(C)=O)C(=O)OC)n1. The first kappa shape index (κ1) is 21.8. The van der Waals surface area contributed by atoms with Gasteiger partial charge in [-0.15, -0.1) is 11.3 Å². The van der Waals surface area contributed by atoms with Gasteiger partial charge in [0, 0.05) is 12.3 Å². The molecule has 0 unspecified atom stereocenters. The summed E-state index contributed by atoms with van der Waals surface area (Å²) in [6.45, 7) is 4.85. The number of nitrogens with zero attached hydrogens (tertiary/aromatic N) is 2. The maximum Gasteiger partial charge on any atom is 0.417 e. The molecular formula is C17H21N3O6S2. The summed E-state index contributed by atoms with van der Waals surface area (Å²) in [5.41, 5.74) is 0.151. The van der Waals surface area contributed by atoms with E-state index >= 15 is 0 Å². The van der Waals surface area contributed by atoms with Gasteiger partial charge in [0.2, 0.25) is 5.91 Å². The van der Waals surface area contributed by atoms with Crippen molar-refractivity contribution in [2.45, 2.75) is 32.7 Å². The van der Waals surface area contributed by atoms with Gasteiger partial charge in [-0.1, -0.05) is 19.1 Å². The summed E-state index contributed by atoms with van der Waals surface area (Å²) in [7, 11) is -3.25. The zero-order valence-electron chi connectivity index (χ0n) is 15.8. The second kappa shape index (κ2) is 8.25. The number of carbonyl (C=O) groups is 2. The molecule has 0 aliphatic heterocycles. The van der Waals surface area contributed by atoms with Crippen LogP contribution >= 0.6 is 11.3 Å². The summed E-state index contributed by atoms with van der Waals surface area (Å²) in [5.74, 6) is -0.539. The van der Waals surface area contributed by atoms with Crippen LogP contribution in [0.4, 0.5) is 10.5 Å². The number of carbonyl (C=O) groups excluding carboxylic acids is 2. The molecule has 11 heteroatoms. The van der Waals surface area contributed by atoms with Crippen LogP contribution in [-0.4, -0.2) is 42.0 Å². The minimum atomic E-state index is -4.42. The highest BCUT2D eigenvalue weighted by Crippen LogP contribution is 2.38. The molecule has 1 atom stereocenters. The number of methoxy groups -OCH3 is 1. The van der Waals surface area contributed by atoms with Crippen LogP contribution in [0.5, 0.6) is 0 Å². The second-order valence-electron chi connectivity index (χ2n) is 6.05. The molecule has 0 fully saturated rings. The van der Waals surface area contributed by atoms with Crippen molar-refractivity contribution < 1.29 is 27.3 Å². The van der Waals surface area contributed by atoms with Gasteiger partial charge in [0.15, 0.2) is 0 Å². The zero-order chi connectivity index (χ0) is 21.1. The molecule has 2 rings (SSSR count). The smallest absolute Gasteiger partial charge is 0.417 e. The summed E-state index contributed by atoms with van der Waals surface area (Å²) in [5, 5.41) is 2.35. The number of thiazole rings is 1. The first-order chi connectivity index (χ1) is 13.0. The lowest BCUT2D eigenvalue weighted by atomic mass is 9.90. The van der Waals surface area contributed by atoms with Crippen molar-refractivity contribution in [2.24, 2.45) is 0 Å². The standard InChI is InChI=1S/C17H21N3O6S2/c1-5-13-10-27-15(18-13)17(3,20(11(2)21)16(22)26-4)12-6-8-14(9-7-12)19-28(23,24)25/h6-10,19H,5H2,1-4H3,(H,23,24,25)/t17-/m0/s1. The molecule has 0 spiro atoms. The maximum atomic E-state index is 12.4. The number of ether oxygens (including phenoxy) is 1. The molecule has 0 aliphatic carbocycles. The van der Waals surface area contributed by atoms with Crippen LogP contribution < -0.4 is 4.72 Å². The van der Waals surface area contributed by atoms with Gasteiger partial charge < -0.3 is 4.74 Å². The third kappa shape index (κ3) is 4.49. The fourth-order valence-corrected chi connectivity index (χ4v) is 4.28.